The van der Waals surface area contributed by atoms with E-state index in [0.29, 0.717) is 12.0 Å². The zero-order valence-corrected chi connectivity index (χ0v) is 6.35. The molecule has 0 aromatic carbocycles. The van der Waals surface area contributed by atoms with E-state index < -0.39 is 0 Å². The van der Waals surface area contributed by atoms with Gasteiger partial charge in [-0.05, 0) is 19.4 Å². The molecule has 0 radical (unpaired) electrons. The standard InChI is InChI=1S/C8H14O/c1-4-8-6(2)5-7(3)9-8/h5-6,8H,4H2,1-3H3. The molecule has 0 N–H and O–H groups in total. The second-order valence-corrected chi connectivity index (χ2v) is 2.70. The minimum absolute atomic E-state index is 0.449. The molecule has 0 aromatic heterocycles. The summed E-state index contributed by atoms with van der Waals surface area (Å²) in [5.41, 5.74) is 0. The third kappa shape index (κ3) is 1.26. The summed E-state index contributed by atoms with van der Waals surface area (Å²) in [6.07, 6.45) is 3.76. The Morgan fingerprint density at radius 2 is 2.33 bits per heavy atom. The highest BCUT2D eigenvalue weighted by atomic mass is 16.5. The van der Waals surface area contributed by atoms with Gasteiger partial charge < -0.3 is 4.74 Å². The van der Waals surface area contributed by atoms with E-state index >= 15 is 0 Å². The number of allylic oxidation sites excluding steroid dienone is 1. The molecule has 1 aliphatic heterocycles. The molecule has 1 rings (SSSR count). The first-order chi connectivity index (χ1) is 4.24. The van der Waals surface area contributed by atoms with Crippen molar-refractivity contribution in [2.75, 3.05) is 0 Å². The lowest BCUT2D eigenvalue weighted by Gasteiger charge is -2.12. The second-order valence-electron chi connectivity index (χ2n) is 2.70. The fourth-order valence-corrected chi connectivity index (χ4v) is 1.32. The van der Waals surface area contributed by atoms with Gasteiger partial charge in [0, 0.05) is 5.92 Å². The quantitative estimate of drug-likeness (QED) is 0.524. The van der Waals surface area contributed by atoms with Crippen molar-refractivity contribution in [3.63, 3.8) is 0 Å². The minimum Gasteiger partial charge on any atom is -0.495 e. The largest absolute Gasteiger partial charge is 0.495 e. The minimum atomic E-state index is 0.449. The predicted molar refractivity (Wildman–Crippen MR) is 38.1 cm³/mol. The first-order valence-electron chi connectivity index (χ1n) is 3.59. The van der Waals surface area contributed by atoms with Crippen molar-refractivity contribution in [3.05, 3.63) is 11.8 Å². The first kappa shape index (κ1) is 6.66. The third-order valence-electron chi connectivity index (χ3n) is 1.82. The van der Waals surface area contributed by atoms with Crippen LogP contribution >= 0.6 is 0 Å². The highest BCUT2D eigenvalue weighted by Gasteiger charge is 2.20. The van der Waals surface area contributed by atoms with Gasteiger partial charge in [0.15, 0.2) is 0 Å². The van der Waals surface area contributed by atoms with Crippen LogP contribution in [0.25, 0.3) is 0 Å². The lowest BCUT2D eigenvalue weighted by atomic mass is 10.0. The zero-order valence-electron chi connectivity index (χ0n) is 6.35. The Hall–Kier alpha value is -0.460. The van der Waals surface area contributed by atoms with Crippen molar-refractivity contribution < 1.29 is 4.74 Å². The van der Waals surface area contributed by atoms with Crippen LogP contribution in [0.1, 0.15) is 27.2 Å². The summed E-state index contributed by atoms with van der Waals surface area (Å²) in [5, 5.41) is 0. The normalized spacial score (nSPS) is 33.9. The summed E-state index contributed by atoms with van der Waals surface area (Å²) >= 11 is 0. The van der Waals surface area contributed by atoms with Crippen molar-refractivity contribution >= 4 is 0 Å². The summed E-state index contributed by atoms with van der Waals surface area (Å²) in [7, 11) is 0. The molecular formula is C8H14O. The van der Waals surface area contributed by atoms with Crippen LogP contribution in [0.5, 0.6) is 0 Å². The SMILES string of the molecule is CCC1OC(C)=CC1C. The van der Waals surface area contributed by atoms with E-state index in [0.717, 1.165) is 12.2 Å². The van der Waals surface area contributed by atoms with Gasteiger partial charge in [0.1, 0.15) is 6.10 Å². The van der Waals surface area contributed by atoms with Crippen molar-refractivity contribution in [1.82, 2.24) is 0 Å². The van der Waals surface area contributed by atoms with Crippen LogP contribution in [0.15, 0.2) is 11.8 Å². The van der Waals surface area contributed by atoms with E-state index in [2.05, 4.69) is 19.9 Å². The first-order valence-corrected chi connectivity index (χ1v) is 3.59. The molecule has 0 aromatic rings. The molecular weight excluding hydrogens is 112 g/mol. The lowest BCUT2D eigenvalue weighted by molar-refractivity contribution is 0.115. The third-order valence-corrected chi connectivity index (χ3v) is 1.82. The Morgan fingerprint density at radius 3 is 2.56 bits per heavy atom. The van der Waals surface area contributed by atoms with E-state index in [4.69, 9.17) is 4.74 Å². The Morgan fingerprint density at radius 1 is 1.67 bits per heavy atom. The number of hydrogen-bond donors (Lipinski definition) is 0. The van der Waals surface area contributed by atoms with E-state index in [1.807, 2.05) is 6.92 Å². The van der Waals surface area contributed by atoms with E-state index in [1.165, 1.54) is 0 Å². The smallest absolute Gasteiger partial charge is 0.104 e. The van der Waals surface area contributed by atoms with Crippen molar-refractivity contribution in [1.29, 1.82) is 0 Å². The van der Waals surface area contributed by atoms with Crippen LogP contribution in [-0.2, 0) is 4.74 Å². The highest BCUT2D eigenvalue weighted by Crippen LogP contribution is 2.24. The Kier molecular flexibility index (Phi) is 1.79. The fourth-order valence-electron chi connectivity index (χ4n) is 1.32. The van der Waals surface area contributed by atoms with Gasteiger partial charge in [-0.15, -0.1) is 0 Å². The van der Waals surface area contributed by atoms with Crippen LogP contribution in [0.3, 0.4) is 0 Å². The maximum atomic E-state index is 5.48. The van der Waals surface area contributed by atoms with Gasteiger partial charge >= 0.3 is 0 Å². The number of rotatable bonds is 1. The Bertz CT molecular complexity index is 127. The maximum absolute atomic E-state index is 5.48. The average Bonchev–Trinajstić information content (AvgIpc) is 2.10. The lowest BCUT2D eigenvalue weighted by Crippen LogP contribution is -2.11. The van der Waals surface area contributed by atoms with E-state index in [9.17, 15) is 0 Å². The molecule has 2 atom stereocenters. The topological polar surface area (TPSA) is 9.23 Å². The molecule has 9 heavy (non-hydrogen) atoms. The molecule has 1 aliphatic rings. The molecule has 0 aliphatic carbocycles. The Balaban J connectivity index is 2.49. The number of hydrogen-bond acceptors (Lipinski definition) is 1. The molecule has 0 spiro atoms. The summed E-state index contributed by atoms with van der Waals surface area (Å²) in [5.74, 6) is 1.71. The van der Waals surface area contributed by atoms with Crippen molar-refractivity contribution in [2.45, 2.75) is 33.3 Å². The zero-order chi connectivity index (χ0) is 6.85. The summed E-state index contributed by atoms with van der Waals surface area (Å²) in [4.78, 5) is 0. The van der Waals surface area contributed by atoms with Crippen LogP contribution in [0.4, 0.5) is 0 Å². The van der Waals surface area contributed by atoms with E-state index in [1.54, 1.807) is 0 Å². The number of ether oxygens (including phenoxy) is 1. The van der Waals surface area contributed by atoms with Gasteiger partial charge in [0.25, 0.3) is 0 Å². The van der Waals surface area contributed by atoms with Gasteiger partial charge in [0.05, 0.1) is 5.76 Å². The maximum Gasteiger partial charge on any atom is 0.104 e. The summed E-state index contributed by atoms with van der Waals surface area (Å²) < 4.78 is 5.48. The van der Waals surface area contributed by atoms with Crippen LogP contribution in [0, 0.1) is 5.92 Å². The molecule has 1 heteroatoms. The van der Waals surface area contributed by atoms with Gasteiger partial charge in [-0.2, -0.15) is 0 Å². The van der Waals surface area contributed by atoms with Gasteiger partial charge in [-0.3, -0.25) is 0 Å². The monoisotopic (exact) mass is 126 g/mol. The molecule has 0 amide bonds. The van der Waals surface area contributed by atoms with Crippen molar-refractivity contribution in [2.24, 2.45) is 5.92 Å². The van der Waals surface area contributed by atoms with Gasteiger partial charge in [-0.1, -0.05) is 13.8 Å². The molecule has 0 fully saturated rings. The molecule has 0 bridgehead atoms. The van der Waals surface area contributed by atoms with E-state index in [-0.39, 0.29) is 0 Å². The average molecular weight is 126 g/mol. The second kappa shape index (κ2) is 2.42. The van der Waals surface area contributed by atoms with Crippen LogP contribution < -0.4 is 0 Å². The van der Waals surface area contributed by atoms with Crippen molar-refractivity contribution in [3.8, 4) is 0 Å². The van der Waals surface area contributed by atoms with Gasteiger partial charge in [-0.25, -0.2) is 0 Å². The summed E-state index contributed by atoms with van der Waals surface area (Å²) in [6, 6.07) is 0. The highest BCUT2D eigenvalue weighted by molar-refractivity contribution is 5.01. The molecule has 0 saturated carbocycles. The fraction of sp³-hybridized carbons (Fsp3) is 0.750. The molecule has 0 saturated heterocycles. The molecule has 1 nitrogen and oxygen atoms in total. The summed E-state index contributed by atoms with van der Waals surface area (Å²) in [6.45, 7) is 6.38. The van der Waals surface area contributed by atoms with Crippen LogP contribution in [-0.4, -0.2) is 6.10 Å². The Labute approximate surface area is 56.7 Å². The van der Waals surface area contributed by atoms with Crippen LogP contribution in [0.2, 0.25) is 0 Å². The molecule has 1 heterocycles. The predicted octanol–water partition coefficient (Wildman–Crippen LogP) is 2.34. The molecule has 2 unspecified atom stereocenters. The molecule has 52 valence electrons. The van der Waals surface area contributed by atoms with Gasteiger partial charge in [0.2, 0.25) is 0 Å².